The highest BCUT2D eigenvalue weighted by Gasteiger charge is 2.10. The number of thiazole rings is 1. The van der Waals surface area contributed by atoms with E-state index in [2.05, 4.69) is 37.1 Å². The van der Waals surface area contributed by atoms with Gasteiger partial charge in [-0.3, -0.25) is 0 Å². The molecule has 20 heavy (non-hydrogen) atoms. The molecule has 0 aliphatic heterocycles. The van der Waals surface area contributed by atoms with E-state index in [-0.39, 0.29) is 5.54 Å². The first-order chi connectivity index (χ1) is 9.42. The Morgan fingerprint density at radius 1 is 1.35 bits per heavy atom. The van der Waals surface area contributed by atoms with Gasteiger partial charge in [0.2, 0.25) is 0 Å². The highest BCUT2D eigenvalue weighted by Crippen LogP contribution is 2.27. The second kappa shape index (κ2) is 6.94. The molecular weight excluding hydrogens is 308 g/mol. The zero-order valence-corrected chi connectivity index (χ0v) is 14.3. The molecule has 1 heterocycles. The molecule has 108 valence electrons. The fourth-order valence-electron chi connectivity index (χ4n) is 1.55. The molecular formula is C15H19ClN2S2. The average molecular weight is 327 g/mol. The molecule has 0 radical (unpaired) electrons. The van der Waals surface area contributed by atoms with Crippen LogP contribution >= 0.6 is 34.7 Å². The van der Waals surface area contributed by atoms with Gasteiger partial charge in [0.05, 0.1) is 5.75 Å². The summed E-state index contributed by atoms with van der Waals surface area (Å²) < 4.78 is 0. The summed E-state index contributed by atoms with van der Waals surface area (Å²) in [6.07, 6.45) is 1.97. The molecule has 2 rings (SSSR count). The van der Waals surface area contributed by atoms with Crippen molar-refractivity contribution < 1.29 is 0 Å². The molecule has 2 aromatic rings. The lowest BCUT2D eigenvalue weighted by atomic mass is 10.1. The minimum atomic E-state index is 0.139. The number of thioether (sulfide) groups is 1. The van der Waals surface area contributed by atoms with E-state index in [9.17, 15) is 0 Å². The zero-order valence-electron chi connectivity index (χ0n) is 11.9. The van der Waals surface area contributed by atoms with Crippen LogP contribution in [-0.2, 0) is 12.3 Å². The lowest BCUT2D eigenvalue weighted by Crippen LogP contribution is -2.34. The monoisotopic (exact) mass is 326 g/mol. The number of nitrogens with zero attached hydrogens (tertiary/aromatic N) is 1. The van der Waals surface area contributed by atoms with Crippen molar-refractivity contribution in [2.45, 2.75) is 43.5 Å². The molecule has 0 fully saturated rings. The Kier molecular flexibility index (Phi) is 5.49. The van der Waals surface area contributed by atoms with Crippen LogP contribution in [0.15, 0.2) is 35.4 Å². The number of aromatic nitrogens is 1. The molecule has 0 aliphatic carbocycles. The molecule has 0 saturated heterocycles. The van der Waals surface area contributed by atoms with Gasteiger partial charge in [-0.1, -0.05) is 17.7 Å². The largest absolute Gasteiger partial charge is 0.307 e. The summed E-state index contributed by atoms with van der Waals surface area (Å²) >= 11 is 9.52. The number of hydrogen-bond acceptors (Lipinski definition) is 4. The third kappa shape index (κ3) is 5.44. The summed E-state index contributed by atoms with van der Waals surface area (Å²) in [4.78, 5) is 6.94. The Labute approximate surface area is 134 Å². The van der Waals surface area contributed by atoms with Crippen LogP contribution in [0, 0.1) is 0 Å². The van der Waals surface area contributed by atoms with Gasteiger partial charge < -0.3 is 5.32 Å². The van der Waals surface area contributed by atoms with Crippen LogP contribution < -0.4 is 5.32 Å². The molecule has 1 N–H and O–H groups in total. The molecule has 0 unspecified atom stereocenters. The summed E-state index contributed by atoms with van der Waals surface area (Å²) in [5.74, 6) is 0.889. The highest BCUT2D eigenvalue weighted by molar-refractivity contribution is 7.98. The highest BCUT2D eigenvalue weighted by atomic mass is 35.5. The maximum Gasteiger partial charge on any atom is 0.103 e. The summed E-state index contributed by atoms with van der Waals surface area (Å²) in [6, 6.07) is 7.94. The van der Waals surface area contributed by atoms with Gasteiger partial charge in [-0.05, 0) is 39.0 Å². The number of benzene rings is 1. The van der Waals surface area contributed by atoms with E-state index in [1.54, 1.807) is 23.1 Å². The SMILES string of the molecule is CC(C)(C)NCc1cnc(CSc2cccc(Cl)c2)s1. The van der Waals surface area contributed by atoms with Crippen molar-refractivity contribution in [3.05, 3.63) is 45.4 Å². The van der Waals surface area contributed by atoms with Crippen LogP contribution in [0.5, 0.6) is 0 Å². The van der Waals surface area contributed by atoms with Crippen molar-refractivity contribution in [1.29, 1.82) is 0 Å². The Morgan fingerprint density at radius 3 is 2.85 bits per heavy atom. The summed E-state index contributed by atoms with van der Waals surface area (Å²) in [5, 5.41) is 5.41. The minimum absolute atomic E-state index is 0.139. The van der Waals surface area contributed by atoms with E-state index in [1.807, 2.05) is 24.4 Å². The van der Waals surface area contributed by atoms with Crippen molar-refractivity contribution >= 4 is 34.7 Å². The third-order valence-corrected chi connectivity index (χ3v) is 4.97. The lowest BCUT2D eigenvalue weighted by molar-refractivity contribution is 0.426. The Morgan fingerprint density at radius 2 is 2.15 bits per heavy atom. The van der Waals surface area contributed by atoms with E-state index >= 15 is 0 Å². The summed E-state index contributed by atoms with van der Waals surface area (Å²) in [7, 11) is 0. The Bertz CT molecular complexity index is 561. The van der Waals surface area contributed by atoms with Crippen LogP contribution in [0.1, 0.15) is 30.7 Å². The standard InChI is InChI=1S/C15H19ClN2S2/c1-15(2,3)18-9-13-8-17-14(20-13)10-19-12-6-4-5-11(16)7-12/h4-8,18H,9-10H2,1-3H3. The fourth-order valence-corrected chi connectivity index (χ4v) is 3.63. The molecule has 0 bridgehead atoms. The first-order valence-corrected chi connectivity index (χ1v) is 8.67. The van der Waals surface area contributed by atoms with Crippen molar-refractivity contribution in [2.75, 3.05) is 0 Å². The fraction of sp³-hybridized carbons (Fsp3) is 0.400. The zero-order chi connectivity index (χ0) is 14.6. The number of hydrogen-bond donors (Lipinski definition) is 1. The van der Waals surface area contributed by atoms with Crippen LogP contribution in [0.4, 0.5) is 0 Å². The predicted octanol–water partition coefficient (Wildman–Crippen LogP) is 4.98. The van der Waals surface area contributed by atoms with E-state index in [0.717, 1.165) is 22.3 Å². The molecule has 1 aromatic carbocycles. The molecule has 5 heteroatoms. The van der Waals surface area contributed by atoms with E-state index in [1.165, 1.54) is 9.77 Å². The number of nitrogens with one attached hydrogen (secondary N) is 1. The molecule has 0 saturated carbocycles. The van der Waals surface area contributed by atoms with Crippen molar-refractivity contribution in [3.63, 3.8) is 0 Å². The maximum atomic E-state index is 5.98. The normalized spacial score (nSPS) is 11.8. The molecule has 0 amide bonds. The topological polar surface area (TPSA) is 24.9 Å². The van der Waals surface area contributed by atoms with Gasteiger partial charge in [0, 0.05) is 33.1 Å². The first kappa shape index (κ1) is 15.8. The second-order valence-electron chi connectivity index (χ2n) is 5.57. The van der Waals surface area contributed by atoms with Crippen molar-refractivity contribution in [2.24, 2.45) is 0 Å². The smallest absolute Gasteiger partial charge is 0.103 e. The summed E-state index contributed by atoms with van der Waals surface area (Å²) in [5.41, 5.74) is 0.139. The molecule has 0 atom stereocenters. The van der Waals surface area contributed by atoms with Gasteiger partial charge in [0.15, 0.2) is 0 Å². The van der Waals surface area contributed by atoms with Crippen LogP contribution in [0.2, 0.25) is 5.02 Å². The van der Waals surface area contributed by atoms with E-state index in [4.69, 9.17) is 11.6 Å². The molecule has 0 aliphatic rings. The van der Waals surface area contributed by atoms with Crippen molar-refractivity contribution in [1.82, 2.24) is 10.3 Å². The lowest BCUT2D eigenvalue weighted by Gasteiger charge is -2.19. The minimum Gasteiger partial charge on any atom is -0.307 e. The summed E-state index contributed by atoms with van der Waals surface area (Å²) in [6.45, 7) is 7.39. The van der Waals surface area contributed by atoms with Gasteiger partial charge in [-0.25, -0.2) is 4.98 Å². The predicted molar refractivity (Wildman–Crippen MR) is 89.7 cm³/mol. The molecule has 2 nitrogen and oxygen atoms in total. The van der Waals surface area contributed by atoms with Gasteiger partial charge in [-0.15, -0.1) is 23.1 Å². The van der Waals surface area contributed by atoms with E-state index in [0.29, 0.717) is 0 Å². The molecule has 1 aromatic heterocycles. The van der Waals surface area contributed by atoms with Crippen molar-refractivity contribution in [3.8, 4) is 0 Å². The quantitative estimate of drug-likeness (QED) is 0.785. The van der Waals surface area contributed by atoms with Gasteiger partial charge in [0.25, 0.3) is 0 Å². The first-order valence-electron chi connectivity index (χ1n) is 6.49. The number of rotatable bonds is 5. The Balaban J connectivity index is 1.87. The molecule has 0 spiro atoms. The van der Waals surface area contributed by atoms with Crippen LogP contribution in [0.3, 0.4) is 0 Å². The van der Waals surface area contributed by atoms with Gasteiger partial charge >= 0.3 is 0 Å². The average Bonchev–Trinajstić information content (AvgIpc) is 2.81. The van der Waals surface area contributed by atoms with Gasteiger partial charge in [-0.2, -0.15) is 0 Å². The third-order valence-electron chi connectivity index (χ3n) is 2.55. The Hall–Kier alpha value is -0.550. The second-order valence-corrected chi connectivity index (χ2v) is 8.25. The van der Waals surface area contributed by atoms with Crippen LogP contribution in [0.25, 0.3) is 0 Å². The van der Waals surface area contributed by atoms with E-state index < -0.39 is 0 Å². The van der Waals surface area contributed by atoms with Gasteiger partial charge in [0.1, 0.15) is 5.01 Å². The maximum absolute atomic E-state index is 5.98. The number of halogens is 1. The van der Waals surface area contributed by atoms with Crippen LogP contribution in [-0.4, -0.2) is 10.5 Å².